The van der Waals surface area contributed by atoms with E-state index >= 15 is 0 Å². The Kier molecular flexibility index (Phi) is 5.86. The molecule has 4 aromatic rings. The Bertz CT molecular complexity index is 1270. The van der Waals surface area contributed by atoms with Crippen molar-refractivity contribution in [2.24, 2.45) is 0 Å². The zero-order chi connectivity index (χ0) is 22.2. The fourth-order valence-electron chi connectivity index (χ4n) is 4.17. The van der Waals surface area contributed by atoms with Crippen LogP contribution in [0.2, 0.25) is 10.0 Å². The van der Waals surface area contributed by atoms with Crippen molar-refractivity contribution >= 4 is 34.4 Å². The van der Waals surface area contributed by atoms with E-state index in [1.807, 2.05) is 10.9 Å². The van der Waals surface area contributed by atoms with Crippen LogP contribution in [0.5, 0.6) is 0 Å². The number of halogens is 3. The van der Waals surface area contributed by atoms with Gasteiger partial charge in [0, 0.05) is 41.2 Å². The highest BCUT2D eigenvalue weighted by Gasteiger charge is 2.26. The predicted molar refractivity (Wildman–Crippen MR) is 122 cm³/mol. The van der Waals surface area contributed by atoms with E-state index in [1.54, 1.807) is 18.6 Å². The minimum absolute atomic E-state index is 0.0777. The molecule has 1 atom stereocenters. The van der Waals surface area contributed by atoms with Gasteiger partial charge in [0.1, 0.15) is 17.4 Å². The SMILES string of the molecule is COC(c1c(Cl)ccc(F)c1Cl)c1c[nH]c2ncc(-c3cnn(C4CCNCC4)c3)nc12. The quantitative estimate of drug-likeness (QED) is 0.401. The molecule has 1 aliphatic heterocycles. The lowest BCUT2D eigenvalue weighted by Gasteiger charge is -2.22. The maximum Gasteiger partial charge on any atom is 0.156 e. The summed E-state index contributed by atoms with van der Waals surface area (Å²) in [6, 6.07) is 3.07. The van der Waals surface area contributed by atoms with Gasteiger partial charge in [-0.1, -0.05) is 23.2 Å². The van der Waals surface area contributed by atoms with Gasteiger partial charge in [-0.3, -0.25) is 4.68 Å². The number of fused-ring (bicyclic) bond motifs is 1. The highest BCUT2D eigenvalue weighted by Crippen LogP contribution is 2.39. The van der Waals surface area contributed by atoms with E-state index in [9.17, 15) is 4.39 Å². The molecule has 1 fully saturated rings. The molecule has 2 N–H and O–H groups in total. The van der Waals surface area contributed by atoms with Gasteiger partial charge in [-0.25, -0.2) is 14.4 Å². The Morgan fingerprint density at radius 3 is 2.81 bits per heavy atom. The van der Waals surface area contributed by atoms with Crippen LogP contribution in [0.15, 0.2) is 36.9 Å². The molecule has 166 valence electrons. The first-order chi connectivity index (χ1) is 15.6. The molecule has 0 spiro atoms. The molecule has 0 radical (unpaired) electrons. The predicted octanol–water partition coefficient (Wildman–Crippen LogP) is 4.93. The molecule has 10 heteroatoms. The van der Waals surface area contributed by atoms with Crippen molar-refractivity contribution in [1.82, 2.24) is 30.0 Å². The summed E-state index contributed by atoms with van der Waals surface area (Å²) < 4.78 is 21.9. The van der Waals surface area contributed by atoms with Crippen molar-refractivity contribution in [3.05, 3.63) is 63.9 Å². The van der Waals surface area contributed by atoms with Gasteiger partial charge in [-0.15, -0.1) is 0 Å². The van der Waals surface area contributed by atoms with Crippen LogP contribution in [0, 0.1) is 5.82 Å². The molecule has 1 aromatic carbocycles. The summed E-state index contributed by atoms with van der Waals surface area (Å²) in [5, 5.41) is 8.15. The second kappa shape index (κ2) is 8.78. The van der Waals surface area contributed by atoms with Crippen molar-refractivity contribution in [3.63, 3.8) is 0 Å². The van der Waals surface area contributed by atoms with Gasteiger partial charge in [0.2, 0.25) is 0 Å². The molecule has 1 aliphatic rings. The third-order valence-electron chi connectivity index (χ3n) is 5.85. The van der Waals surface area contributed by atoms with E-state index in [4.69, 9.17) is 32.9 Å². The number of nitrogens with zero attached hydrogens (tertiary/aromatic N) is 4. The van der Waals surface area contributed by atoms with Crippen molar-refractivity contribution in [3.8, 4) is 11.3 Å². The molecule has 4 heterocycles. The van der Waals surface area contributed by atoms with Gasteiger partial charge in [-0.2, -0.15) is 5.10 Å². The summed E-state index contributed by atoms with van der Waals surface area (Å²) in [5.41, 5.74) is 3.76. The number of rotatable bonds is 5. The second-order valence-electron chi connectivity index (χ2n) is 7.76. The van der Waals surface area contributed by atoms with Gasteiger partial charge in [-0.05, 0) is 38.1 Å². The Hall–Kier alpha value is -2.52. The molecule has 0 saturated carbocycles. The number of nitrogens with one attached hydrogen (secondary N) is 2. The largest absolute Gasteiger partial charge is 0.372 e. The molecule has 32 heavy (non-hydrogen) atoms. The highest BCUT2D eigenvalue weighted by molar-refractivity contribution is 6.36. The van der Waals surface area contributed by atoms with Crippen LogP contribution in [0.1, 0.15) is 36.1 Å². The van der Waals surface area contributed by atoms with Crippen LogP contribution in [0.25, 0.3) is 22.4 Å². The lowest BCUT2D eigenvalue weighted by molar-refractivity contribution is 0.137. The van der Waals surface area contributed by atoms with Crippen LogP contribution < -0.4 is 5.32 Å². The number of H-pyrrole nitrogens is 1. The van der Waals surface area contributed by atoms with Crippen molar-refractivity contribution in [2.45, 2.75) is 25.0 Å². The molecule has 0 amide bonds. The molecule has 1 saturated heterocycles. The molecule has 1 unspecified atom stereocenters. The Morgan fingerprint density at radius 1 is 1.22 bits per heavy atom. The smallest absolute Gasteiger partial charge is 0.156 e. The fourth-order valence-corrected chi connectivity index (χ4v) is 4.74. The third-order valence-corrected chi connectivity index (χ3v) is 6.56. The van der Waals surface area contributed by atoms with Crippen LogP contribution in [0.4, 0.5) is 4.39 Å². The lowest BCUT2D eigenvalue weighted by atomic mass is 10.0. The summed E-state index contributed by atoms with van der Waals surface area (Å²) in [6.07, 6.45) is 8.61. The Morgan fingerprint density at radius 2 is 2.03 bits per heavy atom. The summed E-state index contributed by atoms with van der Waals surface area (Å²) in [4.78, 5) is 12.4. The number of aromatic amines is 1. The number of ether oxygens (including phenoxy) is 1. The van der Waals surface area contributed by atoms with E-state index in [0.717, 1.165) is 31.5 Å². The monoisotopic (exact) mass is 474 g/mol. The van der Waals surface area contributed by atoms with Crippen molar-refractivity contribution in [1.29, 1.82) is 0 Å². The van der Waals surface area contributed by atoms with Gasteiger partial charge in [0.05, 0.1) is 29.2 Å². The van der Waals surface area contributed by atoms with Crippen LogP contribution >= 0.6 is 23.2 Å². The van der Waals surface area contributed by atoms with Gasteiger partial charge in [0.25, 0.3) is 0 Å². The van der Waals surface area contributed by atoms with Gasteiger partial charge >= 0.3 is 0 Å². The number of aromatic nitrogens is 5. The Labute approximate surface area is 193 Å². The minimum atomic E-state index is -0.721. The van der Waals surface area contributed by atoms with E-state index in [1.165, 1.54) is 19.2 Å². The normalized spacial score (nSPS) is 16.0. The average Bonchev–Trinajstić information content (AvgIpc) is 3.47. The number of hydrogen-bond acceptors (Lipinski definition) is 5. The number of methoxy groups -OCH3 is 1. The van der Waals surface area contributed by atoms with Gasteiger partial charge in [0.15, 0.2) is 5.65 Å². The summed E-state index contributed by atoms with van der Waals surface area (Å²) in [5.74, 6) is -0.565. The molecule has 0 aliphatic carbocycles. The van der Waals surface area contributed by atoms with E-state index in [2.05, 4.69) is 20.4 Å². The van der Waals surface area contributed by atoms with E-state index in [-0.39, 0.29) is 5.02 Å². The molecular weight excluding hydrogens is 454 g/mol. The first kappa shape index (κ1) is 21.3. The molecular formula is C22H21Cl2FN6O. The minimum Gasteiger partial charge on any atom is -0.372 e. The Balaban J connectivity index is 1.55. The maximum atomic E-state index is 14.2. The molecule has 3 aromatic heterocycles. The third kappa shape index (κ3) is 3.77. The van der Waals surface area contributed by atoms with Crippen LogP contribution in [-0.4, -0.2) is 44.9 Å². The van der Waals surface area contributed by atoms with E-state index in [0.29, 0.717) is 39.0 Å². The first-order valence-electron chi connectivity index (χ1n) is 10.3. The fraction of sp³-hybridized carbons (Fsp3) is 0.318. The molecule has 5 rings (SSSR count). The van der Waals surface area contributed by atoms with Crippen LogP contribution in [-0.2, 0) is 4.74 Å². The number of piperidine rings is 1. The number of benzene rings is 1. The summed E-state index contributed by atoms with van der Waals surface area (Å²) in [7, 11) is 1.52. The number of hydrogen-bond donors (Lipinski definition) is 2. The molecule has 7 nitrogen and oxygen atoms in total. The first-order valence-corrected chi connectivity index (χ1v) is 11.1. The molecule has 0 bridgehead atoms. The van der Waals surface area contributed by atoms with Gasteiger partial charge < -0.3 is 15.0 Å². The van der Waals surface area contributed by atoms with Crippen molar-refractivity contribution < 1.29 is 9.13 Å². The van der Waals surface area contributed by atoms with E-state index < -0.39 is 11.9 Å². The zero-order valence-corrected chi connectivity index (χ0v) is 18.8. The highest BCUT2D eigenvalue weighted by atomic mass is 35.5. The zero-order valence-electron chi connectivity index (χ0n) is 17.3. The van der Waals surface area contributed by atoms with Crippen LogP contribution in [0.3, 0.4) is 0 Å². The summed E-state index contributed by atoms with van der Waals surface area (Å²) in [6.45, 7) is 1.98. The van der Waals surface area contributed by atoms with Crippen molar-refractivity contribution in [2.75, 3.05) is 20.2 Å². The second-order valence-corrected chi connectivity index (χ2v) is 8.54. The maximum absolute atomic E-state index is 14.2. The lowest BCUT2D eigenvalue weighted by Crippen LogP contribution is -2.29. The topological polar surface area (TPSA) is 80.6 Å². The summed E-state index contributed by atoms with van der Waals surface area (Å²) >= 11 is 12.6. The standard InChI is InChI=1S/C22H21Cl2FN6O/c1-32-21(18-15(23)2-3-16(25)19(18)24)14-9-27-22-20(14)30-17(10-28-22)12-8-29-31(11-12)13-4-6-26-7-5-13/h2-3,8-11,13,21,26H,4-7H2,1H3,(H,27,28). The average molecular weight is 475 g/mol.